The fraction of sp³-hybridized carbons (Fsp3) is 0.192. The van der Waals surface area contributed by atoms with E-state index in [1.807, 2.05) is 0 Å². The number of aliphatic hydroxyl groups excluding tert-OH is 1. The second-order valence-electron chi connectivity index (χ2n) is 8.11. The number of amidine groups is 1. The number of hydrogen-bond donors (Lipinski definition) is 4. The Morgan fingerprint density at radius 2 is 1.69 bits per heavy atom. The van der Waals surface area contributed by atoms with E-state index in [-0.39, 0.29) is 23.8 Å². The molecule has 0 spiro atoms. The quantitative estimate of drug-likeness (QED) is 0.297. The molecular weight excluding hydrogens is 487 g/mol. The maximum Gasteiger partial charge on any atom is 0.257 e. The van der Waals surface area contributed by atoms with Gasteiger partial charge in [-0.05, 0) is 59.2 Å². The average Bonchev–Trinajstić information content (AvgIpc) is 2.89. The molecule has 1 fully saturated rings. The lowest BCUT2D eigenvalue weighted by molar-refractivity contribution is -0.124. The molecule has 0 saturated carbocycles. The van der Waals surface area contributed by atoms with Gasteiger partial charge in [-0.15, -0.1) is 12.4 Å². The Kier molecular flexibility index (Phi) is 8.76. The van der Waals surface area contributed by atoms with Crippen molar-refractivity contribution in [3.05, 3.63) is 89.2 Å². The van der Waals surface area contributed by atoms with Crippen LogP contribution in [0.3, 0.4) is 0 Å². The maximum absolute atomic E-state index is 14.5. The third-order valence-electron chi connectivity index (χ3n) is 5.74. The first-order valence-electron chi connectivity index (χ1n) is 11.0. The van der Waals surface area contributed by atoms with Crippen molar-refractivity contribution < 1.29 is 23.8 Å². The maximum atomic E-state index is 14.5. The largest absolute Gasteiger partial charge is 0.384 e. The van der Waals surface area contributed by atoms with Gasteiger partial charge >= 0.3 is 0 Å². The Hall–Kier alpha value is -3.79. The summed E-state index contributed by atoms with van der Waals surface area (Å²) in [7, 11) is 0. The predicted molar refractivity (Wildman–Crippen MR) is 137 cm³/mol. The number of halogens is 2. The minimum atomic E-state index is -1.46. The molecule has 0 radical (unpaired) electrons. The van der Waals surface area contributed by atoms with Gasteiger partial charge in [0.05, 0.1) is 18.8 Å². The minimum Gasteiger partial charge on any atom is -0.384 e. The van der Waals surface area contributed by atoms with Crippen LogP contribution in [0.5, 0.6) is 0 Å². The number of nitrogens with zero attached hydrogens (tertiary/aromatic N) is 1. The van der Waals surface area contributed by atoms with Crippen LogP contribution in [0.1, 0.15) is 27.6 Å². The van der Waals surface area contributed by atoms with Crippen molar-refractivity contribution in [2.45, 2.75) is 6.10 Å². The van der Waals surface area contributed by atoms with Gasteiger partial charge < -0.3 is 25.8 Å². The van der Waals surface area contributed by atoms with Crippen molar-refractivity contribution in [1.29, 1.82) is 5.41 Å². The van der Waals surface area contributed by atoms with Gasteiger partial charge in [0.2, 0.25) is 0 Å². The zero-order valence-corrected chi connectivity index (χ0v) is 20.1. The predicted octanol–water partition coefficient (Wildman–Crippen LogP) is 3.34. The Labute approximate surface area is 213 Å². The number of morpholine rings is 1. The van der Waals surface area contributed by atoms with Crippen molar-refractivity contribution in [3.8, 4) is 11.1 Å². The van der Waals surface area contributed by atoms with Gasteiger partial charge in [-0.3, -0.25) is 15.0 Å². The molecule has 36 heavy (non-hydrogen) atoms. The molecule has 1 atom stereocenters. The second-order valence-corrected chi connectivity index (χ2v) is 8.11. The molecule has 0 aromatic heterocycles. The molecule has 10 heteroatoms. The van der Waals surface area contributed by atoms with Crippen LogP contribution in [0.25, 0.3) is 11.1 Å². The van der Waals surface area contributed by atoms with E-state index in [0.29, 0.717) is 54.2 Å². The molecule has 3 aromatic rings. The Bertz CT molecular complexity index is 1260. The van der Waals surface area contributed by atoms with Gasteiger partial charge in [0.15, 0.2) is 6.10 Å². The third-order valence-corrected chi connectivity index (χ3v) is 5.74. The highest BCUT2D eigenvalue weighted by molar-refractivity contribution is 5.98. The van der Waals surface area contributed by atoms with E-state index in [1.165, 1.54) is 12.1 Å². The van der Waals surface area contributed by atoms with Crippen molar-refractivity contribution in [1.82, 2.24) is 4.90 Å². The molecule has 1 heterocycles. The Morgan fingerprint density at radius 3 is 2.36 bits per heavy atom. The summed E-state index contributed by atoms with van der Waals surface area (Å²) in [4.78, 5) is 27.0. The number of nitrogens with one attached hydrogen (secondary N) is 2. The van der Waals surface area contributed by atoms with E-state index in [0.717, 1.165) is 0 Å². The van der Waals surface area contributed by atoms with E-state index >= 15 is 0 Å². The summed E-state index contributed by atoms with van der Waals surface area (Å²) in [6.07, 6.45) is -1.46. The molecule has 1 saturated heterocycles. The zero-order valence-electron chi connectivity index (χ0n) is 19.2. The van der Waals surface area contributed by atoms with E-state index in [2.05, 4.69) is 5.32 Å². The number of carbonyl (C=O) groups is 2. The molecule has 1 aliphatic rings. The fourth-order valence-electron chi connectivity index (χ4n) is 3.79. The Balaban J connectivity index is 0.00000361. The van der Waals surface area contributed by atoms with Gasteiger partial charge in [0, 0.05) is 24.3 Å². The molecule has 8 nitrogen and oxygen atoms in total. The number of aliphatic hydroxyl groups is 1. The van der Waals surface area contributed by atoms with Gasteiger partial charge in [-0.2, -0.15) is 0 Å². The van der Waals surface area contributed by atoms with Gasteiger partial charge in [-0.25, -0.2) is 4.39 Å². The number of ether oxygens (including phenoxy) is 1. The SMILES string of the molecule is Cl.N=C(N)c1ccc(NC(=O)C(O)c2cccc(-c3ccc(F)c(C(=O)N4CCOCC4)c3)c2)cc1. The highest BCUT2D eigenvalue weighted by atomic mass is 35.5. The van der Waals surface area contributed by atoms with Crippen LogP contribution >= 0.6 is 12.4 Å². The first-order chi connectivity index (χ1) is 16.8. The molecular formula is C26H26ClFN4O4. The summed E-state index contributed by atoms with van der Waals surface area (Å²) in [6, 6.07) is 17.3. The molecule has 1 unspecified atom stereocenters. The Morgan fingerprint density at radius 1 is 1.03 bits per heavy atom. The highest BCUT2D eigenvalue weighted by Gasteiger charge is 2.23. The van der Waals surface area contributed by atoms with Crippen molar-refractivity contribution in [2.24, 2.45) is 5.73 Å². The summed E-state index contributed by atoms with van der Waals surface area (Å²) < 4.78 is 19.7. The molecule has 5 N–H and O–H groups in total. The first-order valence-corrected chi connectivity index (χ1v) is 11.0. The molecule has 0 bridgehead atoms. The third kappa shape index (κ3) is 6.06. The van der Waals surface area contributed by atoms with E-state index in [9.17, 15) is 19.1 Å². The van der Waals surface area contributed by atoms with Crippen LogP contribution in [0.2, 0.25) is 0 Å². The van der Waals surface area contributed by atoms with E-state index < -0.39 is 23.7 Å². The van der Waals surface area contributed by atoms with Crippen molar-refractivity contribution in [3.63, 3.8) is 0 Å². The fourth-order valence-corrected chi connectivity index (χ4v) is 3.79. The highest BCUT2D eigenvalue weighted by Crippen LogP contribution is 2.27. The molecule has 188 valence electrons. The van der Waals surface area contributed by atoms with Crippen LogP contribution in [0.4, 0.5) is 10.1 Å². The average molecular weight is 513 g/mol. The van der Waals surface area contributed by atoms with Crippen LogP contribution in [0, 0.1) is 11.2 Å². The smallest absolute Gasteiger partial charge is 0.257 e. The van der Waals surface area contributed by atoms with Crippen molar-refractivity contribution >= 4 is 35.7 Å². The number of nitrogen functional groups attached to an aromatic ring is 1. The lowest BCUT2D eigenvalue weighted by Gasteiger charge is -2.27. The van der Waals surface area contributed by atoms with Crippen LogP contribution in [-0.2, 0) is 9.53 Å². The number of nitrogens with two attached hydrogens (primary N) is 1. The lowest BCUT2D eigenvalue weighted by atomic mass is 9.98. The van der Waals surface area contributed by atoms with Crippen LogP contribution in [-0.4, -0.2) is 54.0 Å². The molecule has 2 amide bonds. The van der Waals surface area contributed by atoms with Gasteiger partial charge in [0.1, 0.15) is 11.7 Å². The summed E-state index contributed by atoms with van der Waals surface area (Å²) in [6.45, 7) is 1.62. The second kappa shape index (κ2) is 11.8. The number of rotatable bonds is 6. The standard InChI is InChI=1S/C26H25FN4O4.ClH/c27-22-9-6-18(15-21(22)26(34)31-10-12-35-13-11-31)17-2-1-3-19(14-17)23(32)25(33)30-20-7-4-16(5-8-20)24(28)29;/h1-9,14-15,23,32H,10-13H2,(H3,28,29)(H,30,33);1H. The van der Waals surface area contributed by atoms with Gasteiger partial charge in [-0.1, -0.05) is 24.3 Å². The number of carbonyl (C=O) groups excluding carboxylic acids is 2. The first kappa shape index (κ1) is 26.8. The van der Waals surface area contributed by atoms with Crippen LogP contribution < -0.4 is 11.1 Å². The topological polar surface area (TPSA) is 129 Å². The normalized spacial score (nSPS) is 13.9. The lowest BCUT2D eigenvalue weighted by Crippen LogP contribution is -2.41. The van der Waals surface area contributed by atoms with E-state index in [4.69, 9.17) is 15.9 Å². The minimum absolute atomic E-state index is 0. The number of anilines is 1. The zero-order chi connectivity index (χ0) is 24.9. The number of benzene rings is 3. The van der Waals surface area contributed by atoms with Gasteiger partial charge in [0.25, 0.3) is 11.8 Å². The summed E-state index contributed by atoms with van der Waals surface area (Å²) in [5.41, 5.74) is 7.89. The molecule has 4 rings (SSSR count). The summed E-state index contributed by atoms with van der Waals surface area (Å²) in [5, 5.41) is 20.7. The summed E-state index contributed by atoms with van der Waals surface area (Å²) >= 11 is 0. The molecule has 1 aliphatic heterocycles. The number of hydrogen-bond acceptors (Lipinski definition) is 5. The monoisotopic (exact) mass is 512 g/mol. The summed E-state index contributed by atoms with van der Waals surface area (Å²) in [5.74, 6) is -1.74. The molecule has 0 aliphatic carbocycles. The number of amides is 2. The molecule has 3 aromatic carbocycles. The van der Waals surface area contributed by atoms with Crippen LogP contribution in [0.15, 0.2) is 66.7 Å². The van der Waals surface area contributed by atoms with E-state index in [1.54, 1.807) is 59.5 Å². The van der Waals surface area contributed by atoms with Crippen molar-refractivity contribution in [2.75, 3.05) is 31.6 Å².